The van der Waals surface area contributed by atoms with Crippen LogP contribution in [0.15, 0.2) is 51.7 Å². The van der Waals surface area contributed by atoms with E-state index in [0.29, 0.717) is 54.7 Å². The number of halogens is 3. The molecule has 0 saturated heterocycles. The van der Waals surface area contributed by atoms with Crippen molar-refractivity contribution in [2.75, 3.05) is 11.4 Å². The molecule has 5 nitrogen and oxygen atoms in total. The van der Waals surface area contributed by atoms with Gasteiger partial charge < -0.3 is 9.32 Å². The van der Waals surface area contributed by atoms with Crippen molar-refractivity contribution in [1.82, 2.24) is 4.57 Å². The first kappa shape index (κ1) is 19.3. The van der Waals surface area contributed by atoms with Crippen molar-refractivity contribution in [2.45, 2.75) is 38.4 Å². The minimum absolute atomic E-state index is 0.161. The normalized spacial score (nSPS) is 14.2. The highest BCUT2D eigenvalue weighted by atomic mass is 19.4. The van der Waals surface area contributed by atoms with Crippen LogP contribution < -0.4 is 10.7 Å². The number of carbonyl (C=O) groups excluding carboxylic acids is 1. The molecule has 4 rings (SSSR count). The van der Waals surface area contributed by atoms with Crippen LogP contribution in [-0.4, -0.2) is 17.0 Å². The Kier molecular flexibility index (Phi) is 4.94. The number of carbonyl (C=O) groups is 1. The summed E-state index contributed by atoms with van der Waals surface area (Å²) in [6.45, 7) is 0.807. The number of nitrogens with zero attached hydrogens (tertiary/aromatic N) is 2. The summed E-state index contributed by atoms with van der Waals surface area (Å²) >= 11 is 0. The Hall–Kier alpha value is -3.03. The Bertz CT molecular complexity index is 1110. The van der Waals surface area contributed by atoms with E-state index in [1.807, 2.05) is 0 Å². The summed E-state index contributed by atoms with van der Waals surface area (Å²) in [4.78, 5) is 26.3. The maximum Gasteiger partial charge on any atom is 0.419 e. The zero-order valence-electron chi connectivity index (χ0n) is 15.5. The minimum atomic E-state index is -4.40. The smallest absolute Gasteiger partial charge is 0.408 e. The van der Waals surface area contributed by atoms with Crippen molar-refractivity contribution >= 4 is 22.7 Å². The van der Waals surface area contributed by atoms with E-state index in [0.717, 1.165) is 12.1 Å². The standard InChI is InChI=1S/C21H19F3N2O3/c22-21(23,24)15-9-10-16-14(13-15)5-3-11-25(16)19(27)8-4-12-26-17-6-1-2-7-18(17)29-20(26)28/h1-2,6-7,9-10,13H,3-5,8,11-12H2. The fourth-order valence-corrected chi connectivity index (χ4v) is 3.78. The number of alkyl halides is 3. The number of para-hydroxylation sites is 2. The van der Waals surface area contributed by atoms with Gasteiger partial charge in [-0.3, -0.25) is 9.36 Å². The lowest BCUT2D eigenvalue weighted by Crippen LogP contribution is -2.35. The quantitative estimate of drug-likeness (QED) is 0.649. The van der Waals surface area contributed by atoms with Crippen LogP contribution in [0.2, 0.25) is 0 Å². The van der Waals surface area contributed by atoms with Gasteiger partial charge in [0.05, 0.1) is 11.1 Å². The molecule has 0 bridgehead atoms. The van der Waals surface area contributed by atoms with Crippen molar-refractivity contribution < 1.29 is 22.4 Å². The van der Waals surface area contributed by atoms with Gasteiger partial charge in [-0.05, 0) is 55.2 Å². The zero-order valence-corrected chi connectivity index (χ0v) is 15.5. The Balaban J connectivity index is 1.46. The molecule has 0 unspecified atom stereocenters. The van der Waals surface area contributed by atoms with E-state index in [1.54, 1.807) is 29.2 Å². The molecule has 1 amide bonds. The largest absolute Gasteiger partial charge is 0.419 e. The maximum atomic E-state index is 12.9. The predicted octanol–water partition coefficient (Wildman–Crippen LogP) is 4.37. The number of hydrogen-bond acceptors (Lipinski definition) is 3. The molecule has 1 aromatic heterocycles. The number of amides is 1. The lowest BCUT2D eigenvalue weighted by molar-refractivity contribution is -0.137. The first-order valence-electron chi connectivity index (χ1n) is 9.43. The zero-order chi connectivity index (χ0) is 20.6. The van der Waals surface area contributed by atoms with Gasteiger partial charge in [0.25, 0.3) is 0 Å². The van der Waals surface area contributed by atoms with E-state index in [4.69, 9.17) is 4.42 Å². The first-order chi connectivity index (χ1) is 13.8. The van der Waals surface area contributed by atoms with Crippen LogP contribution in [-0.2, 0) is 23.9 Å². The molecule has 0 atom stereocenters. The Morgan fingerprint density at radius 1 is 1.14 bits per heavy atom. The highest BCUT2D eigenvalue weighted by Gasteiger charge is 2.32. The van der Waals surface area contributed by atoms with Crippen LogP contribution in [0, 0.1) is 0 Å². The average Bonchev–Trinajstić information content (AvgIpc) is 3.01. The maximum absolute atomic E-state index is 12.9. The topological polar surface area (TPSA) is 55.5 Å². The van der Waals surface area contributed by atoms with Gasteiger partial charge in [-0.1, -0.05) is 12.1 Å². The molecule has 29 heavy (non-hydrogen) atoms. The molecule has 3 aromatic rings. The number of fused-ring (bicyclic) bond motifs is 2. The number of hydrogen-bond donors (Lipinski definition) is 0. The third kappa shape index (κ3) is 3.79. The summed E-state index contributed by atoms with van der Waals surface area (Å²) in [7, 11) is 0. The number of aryl methyl sites for hydroxylation is 2. The number of benzene rings is 2. The van der Waals surface area contributed by atoms with E-state index in [2.05, 4.69) is 0 Å². The molecule has 152 valence electrons. The van der Waals surface area contributed by atoms with Gasteiger partial charge in [-0.15, -0.1) is 0 Å². The van der Waals surface area contributed by atoms with E-state index in [1.165, 1.54) is 10.6 Å². The second-order valence-electron chi connectivity index (χ2n) is 7.08. The highest BCUT2D eigenvalue weighted by Crippen LogP contribution is 2.35. The summed E-state index contributed by atoms with van der Waals surface area (Å²) in [5.74, 6) is -0.631. The molecular weight excluding hydrogens is 385 g/mol. The number of anilines is 1. The monoisotopic (exact) mass is 404 g/mol. The third-order valence-electron chi connectivity index (χ3n) is 5.17. The molecule has 0 radical (unpaired) electrons. The first-order valence-corrected chi connectivity index (χ1v) is 9.43. The van der Waals surface area contributed by atoms with E-state index < -0.39 is 17.5 Å². The minimum Gasteiger partial charge on any atom is -0.408 e. The van der Waals surface area contributed by atoms with Crippen molar-refractivity contribution in [3.63, 3.8) is 0 Å². The number of aromatic nitrogens is 1. The summed E-state index contributed by atoms with van der Waals surface area (Å²) in [5.41, 5.74) is 1.55. The number of rotatable bonds is 4. The van der Waals surface area contributed by atoms with Crippen molar-refractivity contribution in [2.24, 2.45) is 0 Å². The average molecular weight is 404 g/mol. The Morgan fingerprint density at radius 3 is 2.72 bits per heavy atom. The number of oxazole rings is 1. The third-order valence-corrected chi connectivity index (χ3v) is 5.17. The van der Waals surface area contributed by atoms with Crippen LogP contribution in [0.3, 0.4) is 0 Å². The van der Waals surface area contributed by atoms with E-state index in [-0.39, 0.29) is 12.3 Å². The molecule has 1 aliphatic heterocycles. The summed E-state index contributed by atoms with van der Waals surface area (Å²) in [5, 5.41) is 0. The van der Waals surface area contributed by atoms with Crippen LogP contribution in [0.1, 0.15) is 30.4 Å². The van der Waals surface area contributed by atoms with Gasteiger partial charge in [-0.2, -0.15) is 13.2 Å². The van der Waals surface area contributed by atoms with Crippen LogP contribution in [0.25, 0.3) is 11.1 Å². The van der Waals surface area contributed by atoms with Gasteiger partial charge in [0.15, 0.2) is 5.58 Å². The lowest BCUT2D eigenvalue weighted by Gasteiger charge is -2.30. The van der Waals surface area contributed by atoms with Crippen LogP contribution >= 0.6 is 0 Å². The molecular formula is C21H19F3N2O3. The predicted molar refractivity (Wildman–Crippen MR) is 102 cm³/mol. The Morgan fingerprint density at radius 2 is 1.93 bits per heavy atom. The SMILES string of the molecule is O=C(CCCn1c(=O)oc2ccccc21)N1CCCc2cc(C(F)(F)F)ccc21. The molecule has 2 heterocycles. The van der Waals surface area contributed by atoms with Crippen molar-refractivity contribution in [1.29, 1.82) is 0 Å². The lowest BCUT2D eigenvalue weighted by atomic mass is 9.98. The van der Waals surface area contributed by atoms with Crippen LogP contribution in [0.4, 0.5) is 18.9 Å². The highest BCUT2D eigenvalue weighted by molar-refractivity contribution is 5.94. The van der Waals surface area contributed by atoms with Gasteiger partial charge in [0, 0.05) is 25.2 Å². The summed E-state index contributed by atoms with van der Waals surface area (Å²) in [6.07, 6.45) is -2.66. The van der Waals surface area contributed by atoms with E-state index in [9.17, 15) is 22.8 Å². The van der Waals surface area contributed by atoms with Crippen molar-refractivity contribution in [3.05, 3.63) is 64.1 Å². The van der Waals surface area contributed by atoms with Gasteiger partial charge in [-0.25, -0.2) is 4.79 Å². The summed E-state index contributed by atoms with van der Waals surface area (Å²) < 4.78 is 45.5. The molecule has 0 spiro atoms. The molecule has 2 aromatic carbocycles. The molecule has 0 N–H and O–H groups in total. The van der Waals surface area contributed by atoms with Gasteiger partial charge >= 0.3 is 11.9 Å². The second-order valence-corrected chi connectivity index (χ2v) is 7.08. The summed E-state index contributed by atoms with van der Waals surface area (Å²) in [6, 6.07) is 10.6. The molecule has 0 saturated carbocycles. The fourth-order valence-electron chi connectivity index (χ4n) is 3.78. The molecule has 8 heteroatoms. The van der Waals surface area contributed by atoms with E-state index >= 15 is 0 Å². The van der Waals surface area contributed by atoms with Crippen molar-refractivity contribution in [3.8, 4) is 0 Å². The molecule has 0 aliphatic carbocycles. The second kappa shape index (κ2) is 7.42. The van der Waals surface area contributed by atoms with Gasteiger partial charge in [0.1, 0.15) is 0 Å². The Labute approximate surface area is 164 Å². The van der Waals surface area contributed by atoms with Crippen LogP contribution in [0.5, 0.6) is 0 Å². The fraction of sp³-hybridized carbons (Fsp3) is 0.333. The molecule has 0 fully saturated rings. The van der Waals surface area contributed by atoms with Gasteiger partial charge in [0.2, 0.25) is 5.91 Å². The molecule has 1 aliphatic rings.